The highest BCUT2D eigenvalue weighted by Crippen LogP contribution is 2.27. The van der Waals surface area contributed by atoms with Crippen molar-refractivity contribution in [1.29, 1.82) is 0 Å². The molecular weight excluding hydrogens is 274 g/mol. The molecule has 8 heteroatoms. The lowest BCUT2D eigenvalue weighted by Crippen LogP contribution is -2.17. The van der Waals surface area contributed by atoms with E-state index in [-0.39, 0.29) is 11.4 Å². The molecule has 1 aromatic carbocycles. The smallest absolute Gasteiger partial charge is 0.311 e. The molecule has 0 amide bonds. The lowest BCUT2D eigenvalue weighted by molar-refractivity contribution is -0.385. The molecule has 112 valence electrons. The molecule has 0 saturated carbocycles. The maximum atomic E-state index is 11.0. The summed E-state index contributed by atoms with van der Waals surface area (Å²) in [5.74, 6) is 1.03. The molecule has 1 N–H and O–H groups in total. The van der Waals surface area contributed by atoms with Crippen LogP contribution in [-0.2, 0) is 13.1 Å². The molecule has 21 heavy (non-hydrogen) atoms. The van der Waals surface area contributed by atoms with Crippen LogP contribution in [0.1, 0.15) is 18.3 Å². The van der Waals surface area contributed by atoms with E-state index in [0.29, 0.717) is 13.1 Å². The molecule has 0 bridgehead atoms. The van der Waals surface area contributed by atoms with E-state index in [4.69, 9.17) is 4.74 Å². The van der Waals surface area contributed by atoms with E-state index in [9.17, 15) is 10.1 Å². The maximum Gasteiger partial charge on any atom is 0.311 e. The fraction of sp³-hybridized carbons (Fsp3) is 0.385. The minimum absolute atomic E-state index is 0.0525. The molecule has 1 heterocycles. The van der Waals surface area contributed by atoms with Gasteiger partial charge in [0.25, 0.3) is 0 Å². The standard InChI is InChI=1S/C13H17N5O3/c1-3-14-7-13-15-9-16-17(13)8-10-4-5-12(21-2)11(6-10)18(19)20/h4-6,9,14H,3,7-8H2,1-2H3. The zero-order valence-corrected chi connectivity index (χ0v) is 11.9. The Morgan fingerprint density at radius 3 is 2.95 bits per heavy atom. The minimum atomic E-state index is -0.455. The first-order chi connectivity index (χ1) is 10.2. The Bertz CT molecular complexity index is 626. The predicted octanol–water partition coefficient (Wildman–Crippen LogP) is 1.35. The molecule has 0 aliphatic carbocycles. The molecule has 2 aromatic rings. The van der Waals surface area contributed by atoms with Crippen LogP contribution in [0.5, 0.6) is 5.75 Å². The number of hydrogen-bond acceptors (Lipinski definition) is 6. The second kappa shape index (κ2) is 6.80. The van der Waals surface area contributed by atoms with Gasteiger partial charge in [-0.3, -0.25) is 10.1 Å². The van der Waals surface area contributed by atoms with Crippen LogP contribution in [0.3, 0.4) is 0 Å². The summed E-state index contributed by atoms with van der Waals surface area (Å²) < 4.78 is 6.70. The number of nitro benzene ring substituents is 1. The van der Waals surface area contributed by atoms with Gasteiger partial charge in [-0.15, -0.1) is 0 Å². The highest BCUT2D eigenvalue weighted by atomic mass is 16.6. The van der Waals surface area contributed by atoms with Crippen molar-refractivity contribution in [3.8, 4) is 5.75 Å². The number of benzene rings is 1. The second-order valence-corrected chi connectivity index (χ2v) is 4.38. The van der Waals surface area contributed by atoms with E-state index >= 15 is 0 Å². The first-order valence-corrected chi connectivity index (χ1v) is 6.54. The average Bonchev–Trinajstić information content (AvgIpc) is 2.92. The van der Waals surface area contributed by atoms with Gasteiger partial charge in [0.05, 0.1) is 25.1 Å². The Labute approximate surface area is 121 Å². The van der Waals surface area contributed by atoms with Gasteiger partial charge in [0.1, 0.15) is 12.2 Å². The number of nitrogens with one attached hydrogen (secondary N) is 1. The molecule has 0 unspecified atom stereocenters. The number of aromatic nitrogens is 3. The second-order valence-electron chi connectivity index (χ2n) is 4.38. The molecule has 2 rings (SSSR count). The van der Waals surface area contributed by atoms with Gasteiger partial charge in [-0.1, -0.05) is 13.0 Å². The molecule has 0 aliphatic heterocycles. The van der Waals surface area contributed by atoms with E-state index in [1.54, 1.807) is 16.8 Å². The Balaban J connectivity index is 2.22. The molecular formula is C13H17N5O3. The quantitative estimate of drug-likeness (QED) is 0.611. The van der Waals surface area contributed by atoms with Gasteiger partial charge >= 0.3 is 5.69 Å². The lowest BCUT2D eigenvalue weighted by Gasteiger charge is -2.08. The minimum Gasteiger partial charge on any atom is -0.490 e. The van der Waals surface area contributed by atoms with Crippen molar-refractivity contribution < 1.29 is 9.66 Å². The molecule has 0 atom stereocenters. The van der Waals surface area contributed by atoms with E-state index in [1.807, 2.05) is 6.92 Å². The van der Waals surface area contributed by atoms with Crippen LogP contribution in [0.25, 0.3) is 0 Å². The Morgan fingerprint density at radius 2 is 2.29 bits per heavy atom. The third-order valence-corrected chi connectivity index (χ3v) is 3.00. The Hall–Kier alpha value is -2.48. The van der Waals surface area contributed by atoms with Crippen LogP contribution in [0.4, 0.5) is 5.69 Å². The zero-order valence-electron chi connectivity index (χ0n) is 11.9. The highest BCUT2D eigenvalue weighted by molar-refractivity contribution is 5.48. The number of nitrogens with zero attached hydrogens (tertiary/aromatic N) is 4. The van der Waals surface area contributed by atoms with Crippen molar-refractivity contribution in [1.82, 2.24) is 20.1 Å². The number of nitro groups is 1. The van der Waals surface area contributed by atoms with E-state index in [2.05, 4.69) is 15.4 Å². The molecule has 0 spiro atoms. The van der Waals surface area contributed by atoms with Crippen LogP contribution in [-0.4, -0.2) is 33.3 Å². The summed E-state index contributed by atoms with van der Waals surface area (Å²) in [6.07, 6.45) is 1.48. The van der Waals surface area contributed by atoms with Gasteiger partial charge in [-0.2, -0.15) is 5.10 Å². The lowest BCUT2D eigenvalue weighted by atomic mass is 10.2. The number of ether oxygens (including phenoxy) is 1. The van der Waals surface area contributed by atoms with Crippen LogP contribution in [0.2, 0.25) is 0 Å². The number of methoxy groups -OCH3 is 1. The van der Waals surface area contributed by atoms with Crippen molar-refractivity contribution in [2.45, 2.75) is 20.0 Å². The van der Waals surface area contributed by atoms with E-state index < -0.39 is 4.92 Å². The van der Waals surface area contributed by atoms with Gasteiger partial charge < -0.3 is 10.1 Å². The monoisotopic (exact) mass is 291 g/mol. The van der Waals surface area contributed by atoms with Crippen LogP contribution in [0.15, 0.2) is 24.5 Å². The maximum absolute atomic E-state index is 11.0. The molecule has 0 aliphatic rings. The summed E-state index contributed by atoms with van der Waals surface area (Å²) in [7, 11) is 1.41. The van der Waals surface area contributed by atoms with Crippen molar-refractivity contribution >= 4 is 5.69 Å². The number of rotatable bonds is 7. The molecule has 0 saturated heterocycles. The summed E-state index contributed by atoms with van der Waals surface area (Å²) in [6.45, 7) is 3.87. The van der Waals surface area contributed by atoms with Gasteiger partial charge in [-0.05, 0) is 18.2 Å². The Kier molecular flexibility index (Phi) is 4.83. The zero-order chi connectivity index (χ0) is 15.2. The van der Waals surface area contributed by atoms with Gasteiger partial charge in [0, 0.05) is 6.07 Å². The van der Waals surface area contributed by atoms with E-state index in [1.165, 1.54) is 19.5 Å². The summed E-state index contributed by atoms with van der Waals surface area (Å²) in [6, 6.07) is 4.87. The third kappa shape index (κ3) is 3.54. The average molecular weight is 291 g/mol. The Morgan fingerprint density at radius 1 is 1.48 bits per heavy atom. The fourth-order valence-corrected chi connectivity index (χ4v) is 1.94. The van der Waals surface area contributed by atoms with Crippen molar-refractivity contribution in [3.63, 3.8) is 0 Å². The largest absolute Gasteiger partial charge is 0.490 e. The van der Waals surface area contributed by atoms with Crippen LogP contribution >= 0.6 is 0 Å². The van der Waals surface area contributed by atoms with Gasteiger partial charge in [0.2, 0.25) is 0 Å². The van der Waals surface area contributed by atoms with Crippen LogP contribution in [0, 0.1) is 10.1 Å². The topological polar surface area (TPSA) is 95.1 Å². The third-order valence-electron chi connectivity index (χ3n) is 3.00. The molecule has 1 aromatic heterocycles. The number of hydrogen-bond donors (Lipinski definition) is 1. The summed E-state index contributed by atoms with van der Waals surface area (Å²) in [4.78, 5) is 14.7. The van der Waals surface area contributed by atoms with Gasteiger partial charge in [-0.25, -0.2) is 9.67 Å². The molecule has 0 fully saturated rings. The van der Waals surface area contributed by atoms with E-state index in [0.717, 1.165) is 17.9 Å². The highest BCUT2D eigenvalue weighted by Gasteiger charge is 2.16. The predicted molar refractivity (Wildman–Crippen MR) is 76.2 cm³/mol. The SMILES string of the molecule is CCNCc1ncnn1Cc1ccc(OC)c([N+](=O)[O-])c1. The normalized spacial score (nSPS) is 10.6. The molecule has 8 nitrogen and oxygen atoms in total. The van der Waals surface area contributed by atoms with Crippen molar-refractivity contribution in [2.75, 3.05) is 13.7 Å². The fourth-order valence-electron chi connectivity index (χ4n) is 1.94. The first-order valence-electron chi connectivity index (χ1n) is 6.54. The van der Waals surface area contributed by atoms with Gasteiger partial charge in [0.15, 0.2) is 5.75 Å². The first kappa shape index (κ1) is 14.9. The van der Waals surface area contributed by atoms with Crippen molar-refractivity contribution in [2.24, 2.45) is 0 Å². The molecule has 0 radical (unpaired) electrons. The summed E-state index contributed by atoms with van der Waals surface area (Å²) in [5.41, 5.74) is 0.717. The van der Waals surface area contributed by atoms with Crippen LogP contribution < -0.4 is 10.1 Å². The summed E-state index contributed by atoms with van der Waals surface area (Å²) >= 11 is 0. The summed E-state index contributed by atoms with van der Waals surface area (Å²) in [5, 5.41) is 18.3. The van der Waals surface area contributed by atoms with Crippen molar-refractivity contribution in [3.05, 3.63) is 46.0 Å².